The van der Waals surface area contributed by atoms with Crippen LogP contribution < -0.4 is 11.5 Å². The summed E-state index contributed by atoms with van der Waals surface area (Å²) < 4.78 is 35.4. The Kier molecular flexibility index (Phi) is 8.90. The summed E-state index contributed by atoms with van der Waals surface area (Å²) in [5, 5.41) is 26.1. The molecule has 6 rings (SSSR count). The van der Waals surface area contributed by atoms with Crippen molar-refractivity contribution >= 4 is 25.8 Å². The molecule has 13 nitrogen and oxygen atoms in total. The molecule has 0 fully saturated rings. The molecule has 210 valence electrons. The Morgan fingerprint density at radius 2 is 0.769 bits per heavy atom. The van der Waals surface area contributed by atoms with E-state index in [1.165, 1.54) is 0 Å². The number of hydrogen-bond acceptors (Lipinski definition) is 11. The number of nitrogens with zero attached hydrogens (tertiary/aromatic N) is 3. The number of aliphatic hydroxyl groups is 2. The molecule has 0 aromatic heterocycles. The maximum absolute atomic E-state index is 7.00. The molecule has 1 spiro atoms. The van der Waals surface area contributed by atoms with Crippen LogP contribution in [-0.2, 0) is 26.9 Å². The Bertz CT molecular complexity index is 1160. The minimum atomic E-state index is -6.28. The first-order valence-corrected chi connectivity index (χ1v) is 14.4. The average Bonchev–Trinajstić information content (AvgIpc) is 3.69. The first kappa shape index (κ1) is 29.1. The third-order valence-corrected chi connectivity index (χ3v) is 8.39. The van der Waals surface area contributed by atoms with E-state index >= 15 is 0 Å². The molecule has 0 atom stereocenters. The molecule has 0 bridgehead atoms. The SMILES string of the molecule is CO.CO.[NH3+]CC[NH3+].c1ccc(C2=NO[Si-2]34(ON=C(c5ccccc5)O3)(ON=C(c3ccccc3)O4)O2)cc1. The molecule has 3 aromatic carbocycles. The summed E-state index contributed by atoms with van der Waals surface area (Å²) >= 11 is 0. The van der Waals surface area contributed by atoms with Crippen LogP contribution in [0.2, 0.25) is 0 Å². The molecule has 3 heterocycles. The van der Waals surface area contributed by atoms with E-state index in [4.69, 9.17) is 37.1 Å². The van der Waals surface area contributed by atoms with Gasteiger partial charge in [0.1, 0.15) is 13.1 Å². The van der Waals surface area contributed by atoms with Crippen molar-refractivity contribution in [3.05, 3.63) is 108 Å². The molecule has 0 saturated carbocycles. The predicted molar refractivity (Wildman–Crippen MR) is 143 cm³/mol. The van der Waals surface area contributed by atoms with E-state index in [-0.39, 0.29) is 17.7 Å². The average molecular weight is 560 g/mol. The van der Waals surface area contributed by atoms with Gasteiger partial charge in [-0.15, -0.1) is 0 Å². The third-order valence-electron chi connectivity index (χ3n) is 5.17. The fourth-order valence-corrected chi connectivity index (χ4v) is 6.43. The van der Waals surface area contributed by atoms with Crippen molar-refractivity contribution in [2.24, 2.45) is 15.5 Å². The molecule has 0 saturated heterocycles. The van der Waals surface area contributed by atoms with Gasteiger partial charge in [-0.1, -0.05) is 0 Å². The van der Waals surface area contributed by atoms with E-state index in [0.29, 0.717) is 16.7 Å². The predicted octanol–water partition coefficient (Wildman–Crippen LogP) is 0.236. The fraction of sp³-hybridized carbons (Fsp3) is 0.160. The first-order chi connectivity index (χ1) is 19.0. The van der Waals surface area contributed by atoms with Crippen LogP contribution in [0.25, 0.3) is 0 Å². The van der Waals surface area contributed by atoms with Gasteiger partial charge in [0.05, 0.1) is 0 Å². The quantitative estimate of drug-likeness (QED) is 0.327. The molecule has 39 heavy (non-hydrogen) atoms. The molecule has 0 amide bonds. The summed E-state index contributed by atoms with van der Waals surface area (Å²) in [5.41, 5.74) is 8.89. The van der Waals surface area contributed by atoms with Crippen LogP contribution in [0.15, 0.2) is 106 Å². The summed E-state index contributed by atoms with van der Waals surface area (Å²) in [6.07, 6.45) is 0. The maximum atomic E-state index is 7.00. The minimum absolute atomic E-state index is 0.0547. The Labute approximate surface area is 225 Å². The summed E-state index contributed by atoms with van der Waals surface area (Å²) in [5.74, 6) is 0.164. The van der Waals surface area contributed by atoms with E-state index in [1.54, 1.807) is 36.4 Å². The second-order valence-corrected chi connectivity index (χ2v) is 11.5. The van der Waals surface area contributed by atoms with Gasteiger partial charge >= 0.3 is 176 Å². The number of benzene rings is 3. The van der Waals surface area contributed by atoms with Crippen molar-refractivity contribution in [2.45, 2.75) is 0 Å². The van der Waals surface area contributed by atoms with Crippen LogP contribution in [-0.4, -0.2) is 63.3 Å². The van der Waals surface area contributed by atoms with Gasteiger partial charge in [0.2, 0.25) is 0 Å². The number of quaternary nitrogens is 2. The number of oxime groups is 3. The van der Waals surface area contributed by atoms with E-state index in [0.717, 1.165) is 27.3 Å². The zero-order chi connectivity index (χ0) is 28.3. The van der Waals surface area contributed by atoms with Gasteiger partial charge in [0.15, 0.2) is 0 Å². The molecule has 8 N–H and O–H groups in total. The van der Waals surface area contributed by atoms with Gasteiger partial charge in [0.25, 0.3) is 0 Å². The van der Waals surface area contributed by atoms with Crippen molar-refractivity contribution in [3.8, 4) is 0 Å². The Hall–Kier alpha value is -4.47. The molecule has 3 aliphatic heterocycles. The molecule has 14 heteroatoms. The van der Waals surface area contributed by atoms with Gasteiger partial charge in [0, 0.05) is 14.2 Å². The first-order valence-electron chi connectivity index (χ1n) is 11.9. The zero-order valence-corrected chi connectivity index (χ0v) is 22.7. The Morgan fingerprint density at radius 3 is 1.00 bits per heavy atom. The molecule has 0 aliphatic carbocycles. The van der Waals surface area contributed by atoms with Crippen LogP contribution in [0.3, 0.4) is 0 Å². The van der Waals surface area contributed by atoms with Gasteiger partial charge in [-0.2, -0.15) is 0 Å². The van der Waals surface area contributed by atoms with Crippen molar-refractivity contribution in [3.63, 3.8) is 0 Å². The Morgan fingerprint density at radius 1 is 0.513 bits per heavy atom. The molecule has 3 aliphatic rings. The second-order valence-electron chi connectivity index (χ2n) is 7.82. The molecular weight excluding hydrogens is 526 g/mol. The van der Waals surface area contributed by atoms with Crippen molar-refractivity contribution < 1.29 is 48.5 Å². The van der Waals surface area contributed by atoms with E-state index < -0.39 is 8.09 Å². The molecular formula is C25H33N5O8Si. The van der Waals surface area contributed by atoms with Gasteiger partial charge in [-0.05, 0) is 0 Å². The summed E-state index contributed by atoms with van der Waals surface area (Å²) in [4.78, 5) is 0. The van der Waals surface area contributed by atoms with Crippen LogP contribution >= 0.6 is 0 Å². The van der Waals surface area contributed by atoms with Gasteiger partial charge in [-0.25, -0.2) is 0 Å². The standard InChI is InChI=1S/C21H15N3O6Si.C2H8N2.2CH4O/c1-4-10-16(11-5-1)19-22-28-31(25-19,26-20(23-29-31)17-12-6-2-7-13-17)27-21(24-30-31)18-14-8-3-9-15-18;3-1-2-4;2*1-2/h1-15H;1-4H2;2*2H,1H3/q-2;;;/p+2. The number of aliphatic hydroxyl groups excluding tert-OH is 2. The summed E-state index contributed by atoms with van der Waals surface area (Å²) in [6, 6.07) is 27.2. The van der Waals surface area contributed by atoms with Crippen LogP contribution in [0.4, 0.5) is 0 Å². The van der Waals surface area contributed by atoms with Crippen LogP contribution in [0.5, 0.6) is 0 Å². The van der Waals surface area contributed by atoms with E-state index in [2.05, 4.69) is 26.9 Å². The topological polar surface area (TPSA) is 188 Å². The normalized spacial score (nSPS) is 19.4. The Balaban J connectivity index is 0.000000476. The van der Waals surface area contributed by atoms with Crippen molar-refractivity contribution in [1.29, 1.82) is 0 Å². The van der Waals surface area contributed by atoms with Crippen molar-refractivity contribution in [2.75, 3.05) is 27.3 Å². The number of rotatable bonds is 4. The third kappa shape index (κ3) is 5.54. The molecule has 0 radical (unpaired) electrons. The van der Waals surface area contributed by atoms with E-state index in [1.807, 2.05) is 54.6 Å². The summed E-state index contributed by atoms with van der Waals surface area (Å²) in [6.45, 7) is 1.92. The molecule has 0 unspecified atom stereocenters. The van der Waals surface area contributed by atoms with Crippen LogP contribution in [0, 0.1) is 0 Å². The monoisotopic (exact) mass is 559 g/mol. The zero-order valence-electron chi connectivity index (χ0n) is 21.7. The van der Waals surface area contributed by atoms with Crippen LogP contribution in [0.1, 0.15) is 16.7 Å². The fourth-order valence-electron chi connectivity index (χ4n) is 3.41. The van der Waals surface area contributed by atoms with Crippen molar-refractivity contribution in [1.82, 2.24) is 0 Å². The molecule has 3 aromatic rings. The second kappa shape index (κ2) is 11.9. The van der Waals surface area contributed by atoms with Gasteiger partial charge < -0.3 is 21.7 Å². The van der Waals surface area contributed by atoms with E-state index in [9.17, 15) is 0 Å². The van der Waals surface area contributed by atoms with Gasteiger partial charge in [-0.3, -0.25) is 0 Å². The summed E-state index contributed by atoms with van der Waals surface area (Å²) in [7, 11) is -4.28. The number of hydrogen-bond donors (Lipinski definition) is 4.